The van der Waals surface area contributed by atoms with Crippen LogP contribution in [0.5, 0.6) is 0 Å². The number of benzene rings is 1. The molecule has 0 aliphatic carbocycles. The molecule has 0 aromatic heterocycles. The van der Waals surface area contributed by atoms with Crippen LogP contribution in [0.4, 0.5) is 5.69 Å². The Bertz CT molecular complexity index is 525. The monoisotopic (exact) mass is 340 g/mol. The van der Waals surface area contributed by atoms with E-state index in [1.54, 1.807) is 24.0 Å². The van der Waals surface area contributed by atoms with Crippen molar-refractivity contribution in [2.75, 3.05) is 18.4 Å². The van der Waals surface area contributed by atoms with E-state index < -0.39 is 4.92 Å². The summed E-state index contributed by atoms with van der Waals surface area (Å²) in [5, 5.41) is 11.9. The van der Waals surface area contributed by atoms with Gasteiger partial charge < -0.3 is 4.90 Å². The Hall–Kier alpha value is -1.43. The van der Waals surface area contributed by atoms with Crippen molar-refractivity contribution >= 4 is 27.5 Å². The number of hydrogen-bond donors (Lipinski definition) is 0. The van der Waals surface area contributed by atoms with Gasteiger partial charge in [0.1, 0.15) is 0 Å². The first kappa shape index (κ1) is 15.0. The van der Waals surface area contributed by atoms with E-state index in [4.69, 9.17) is 0 Å². The number of piperidine rings is 1. The summed E-state index contributed by atoms with van der Waals surface area (Å²) >= 11 is 3.47. The van der Waals surface area contributed by atoms with Crippen LogP contribution in [0.25, 0.3) is 0 Å². The maximum atomic E-state index is 12.4. The predicted octanol–water partition coefficient (Wildman–Crippen LogP) is 3.15. The molecule has 0 saturated carbocycles. The molecule has 1 heterocycles. The summed E-state index contributed by atoms with van der Waals surface area (Å²) in [5.41, 5.74) is 0.982. The summed E-state index contributed by atoms with van der Waals surface area (Å²) in [4.78, 5) is 24.6. The van der Waals surface area contributed by atoms with Crippen molar-refractivity contribution in [1.29, 1.82) is 0 Å². The van der Waals surface area contributed by atoms with Crippen molar-refractivity contribution in [3.05, 3.63) is 39.4 Å². The van der Waals surface area contributed by atoms with Crippen LogP contribution in [0.3, 0.4) is 0 Å². The lowest BCUT2D eigenvalue weighted by Gasteiger charge is -2.31. The number of rotatable bonds is 3. The summed E-state index contributed by atoms with van der Waals surface area (Å²) < 4.78 is 0. The molecule has 2 rings (SSSR count). The minimum atomic E-state index is -0.441. The lowest BCUT2D eigenvalue weighted by atomic mass is 9.98. The van der Waals surface area contributed by atoms with Gasteiger partial charge in [-0.15, -0.1) is 0 Å². The SMILES string of the molecule is Cc1ccc(C(=O)N2CCC(CBr)CC2)cc1[N+](=O)[O-]. The van der Waals surface area contributed by atoms with Gasteiger partial charge in [-0.05, 0) is 31.7 Å². The average molecular weight is 341 g/mol. The van der Waals surface area contributed by atoms with Gasteiger partial charge in [0, 0.05) is 35.6 Å². The number of carbonyl (C=O) groups excluding carboxylic acids is 1. The predicted molar refractivity (Wildman–Crippen MR) is 80.3 cm³/mol. The van der Waals surface area contributed by atoms with Crippen LogP contribution in [0, 0.1) is 23.0 Å². The van der Waals surface area contributed by atoms with E-state index in [2.05, 4.69) is 15.9 Å². The number of hydrogen-bond acceptors (Lipinski definition) is 3. The lowest BCUT2D eigenvalue weighted by molar-refractivity contribution is -0.385. The average Bonchev–Trinajstić information content (AvgIpc) is 2.47. The molecule has 0 radical (unpaired) electrons. The third kappa shape index (κ3) is 3.17. The number of nitrogens with zero attached hydrogens (tertiary/aromatic N) is 2. The molecular formula is C14H17BrN2O3. The number of carbonyl (C=O) groups is 1. The van der Waals surface area contributed by atoms with Crippen LogP contribution in [0.2, 0.25) is 0 Å². The first-order valence-electron chi connectivity index (χ1n) is 6.63. The van der Waals surface area contributed by atoms with Gasteiger partial charge in [0.25, 0.3) is 11.6 Å². The van der Waals surface area contributed by atoms with Crippen molar-refractivity contribution in [3.8, 4) is 0 Å². The maximum Gasteiger partial charge on any atom is 0.273 e. The molecule has 0 spiro atoms. The molecule has 0 N–H and O–H groups in total. The first-order chi connectivity index (χ1) is 9.52. The molecular weight excluding hydrogens is 324 g/mol. The summed E-state index contributed by atoms with van der Waals surface area (Å²) in [5.74, 6) is 0.507. The number of amides is 1. The zero-order valence-corrected chi connectivity index (χ0v) is 12.9. The van der Waals surface area contributed by atoms with Crippen LogP contribution in [0.1, 0.15) is 28.8 Å². The molecule has 0 bridgehead atoms. The van der Waals surface area contributed by atoms with Crippen LogP contribution in [-0.2, 0) is 0 Å². The molecule has 0 atom stereocenters. The normalized spacial score (nSPS) is 16.2. The summed E-state index contributed by atoms with van der Waals surface area (Å²) in [6.07, 6.45) is 1.95. The van der Waals surface area contributed by atoms with E-state index in [0.29, 0.717) is 17.0 Å². The molecule has 1 aliphatic heterocycles. The number of aryl methyl sites for hydroxylation is 1. The van der Waals surface area contributed by atoms with E-state index in [9.17, 15) is 14.9 Å². The molecule has 20 heavy (non-hydrogen) atoms. The standard InChI is InChI=1S/C14H17BrN2O3/c1-10-2-3-12(8-13(10)17(19)20)14(18)16-6-4-11(9-15)5-7-16/h2-3,8,11H,4-7,9H2,1H3. The van der Waals surface area contributed by atoms with Gasteiger partial charge in [0.2, 0.25) is 0 Å². The van der Waals surface area contributed by atoms with Gasteiger partial charge >= 0.3 is 0 Å². The molecule has 0 unspecified atom stereocenters. The van der Waals surface area contributed by atoms with Gasteiger partial charge in [0.15, 0.2) is 0 Å². The molecule has 1 amide bonds. The smallest absolute Gasteiger partial charge is 0.273 e. The van der Waals surface area contributed by atoms with Gasteiger partial charge in [-0.25, -0.2) is 0 Å². The quantitative estimate of drug-likeness (QED) is 0.482. The zero-order valence-electron chi connectivity index (χ0n) is 11.3. The van der Waals surface area contributed by atoms with E-state index in [1.807, 2.05) is 0 Å². The van der Waals surface area contributed by atoms with Crippen LogP contribution < -0.4 is 0 Å². The van der Waals surface area contributed by atoms with Gasteiger partial charge in [-0.2, -0.15) is 0 Å². The molecule has 108 valence electrons. The van der Waals surface area contributed by atoms with E-state index in [0.717, 1.165) is 31.3 Å². The topological polar surface area (TPSA) is 63.5 Å². The lowest BCUT2D eigenvalue weighted by Crippen LogP contribution is -2.38. The summed E-state index contributed by atoms with van der Waals surface area (Å²) in [7, 11) is 0. The fourth-order valence-electron chi connectivity index (χ4n) is 2.41. The van der Waals surface area contributed by atoms with Crippen LogP contribution in [0.15, 0.2) is 18.2 Å². The largest absolute Gasteiger partial charge is 0.339 e. The molecule has 6 heteroatoms. The van der Waals surface area contributed by atoms with E-state index >= 15 is 0 Å². The Labute approximate surface area is 126 Å². The van der Waals surface area contributed by atoms with Crippen molar-refractivity contribution in [2.24, 2.45) is 5.92 Å². The Morgan fingerprint density at radius 3 is 2.65 bits per heavy atom. The fraction of sp³-hybridized carbons (Fsp3) is 0.500. The Balaban J connectivity index is 2.14. The van der Waals surface area contributed by atoms with Crippen molar-refractivity contribution in [2.45, 2.75) is 19.8 Å². The van der Waals surface area contributed by atoms with Crippen molar-refractivity contribution < 1.29 is 9.72 Å². The molecule has 1 aliphatic rings. The van der Waals surface area contributed by atoms with E-state index in [1.165, 1.54) is 6.07 Å². The first-order valence-corrected chi connectivity index (χ1v) is 7.75. The van der Waals surface area contributed by atoms with Gasteiger partial charge in [-0.3, -0.25) is 14.9 Å². The highest BCUT2D eigenvalue weighted by atomic mass is 79.9. The molecule has 1 aromatic carbocycles. The third-order valence-electron chi connectivity index (χ3n) is 3.77. The second-order valence-electron chi connectivity index (χ2n) is 5.15. The number of nitro benzene ring substituents is 1. The third-order valence-corrected chi connectivity index (χ3v) is 4.69. The molecule has 5 nitrogen and oxygen atoms in total. The highest BCUT2D eigenvalue weighted by molar-refractivity contribution is 9.09. The van der Waals surface area contributed by atoms with E-state index in [-0.39, 0.29) is 11.6 Å². The fourth-order valence-corrected chi connectivity index (χ4v) is 3.06. The second kappa shape index (κ2) is 6.35. The second-order valence-corrected chi connectivity index (χ2v) is 5.80. The maximum absolute atomic E-state index is 12.4. The van der Waals surface area contributed by atoms with Crippen molar-refractivity contribution in [3.63, 3.8) is 0 Å². The Morgan fingerprint density at radius 1 is 1.45 bits per heavy atom. The van der Waals surface area contributed by atoms with Crippen molar-refractivity contribution in [1.82, 2.24) is 4.90 Å². The van der Waals surface area contributed by atoms with Gasteiger partial charge in [0.05, 0.1) is 4.92 Å². The number of alkyl halides is 1. The van der Waals surface area contributed by atoms with Crippen LogP contribution in [-0.4, -0.2) is 34.2 Å². The van der Waals surface area contributed by atoms with Gasteiger partial charge in [-0.1, -0.05) is 22.0 Å². The summed E-state index contributed by atoms with van der Waals surface area (Å²) in [6, 6.07) is 4.69. The number of likely N-dealkylation sites (tertiary alicyclic amines) is 1. The zero-order chi connectivity index (χ0) is 14.7. The highest BCUT2D eigenvalue weighted by Crippen LogP contribution is 2.23. The Morgan fingerprint density at radius 2 is 2.10 bits per heavy atom. The summed E-state index contributed by atoms with van der Waals surface area (Å²) in [6.45, 7) is 3.11. The highest BCUT2D eigenvalue weighted by Gasteiger charge is 2.24. The number of nitro groups is 1. The molecule has 1 saturated heterocycles. The van der Waals surface area contributed by atoms with Crippen LogP contribution >= 0.6 is 15.9 Å². The minimum Gasteiger partial charge on any atom is -0.339 e. The molecule has 1 aromatic rings. The minimum absolute atomic E-state index is 0.00574. The molecule has 1 fully saturated rings. The number of halogens is 1. The Kier molecular flexibility index (Phi) is 4.75.